The number of piperazine rings is 1. The van der Waals surface area contributed by atoms with Gasteiger partial charge in [-0.3, -0.25) is 14.4 Å². The fourth-order valence-electron chi connectivity index (χ4n) is 8.09. The lowest BCUT2D eigenvalue weighted by molar-refractivity contribution is -0.157. The molecule has 2 aromatic rings. The summed E-state index contributed by atoms with van der Waals surface area (Å²) in [6.45, 7) is 15.1. The summed E-state index contributed by atoms with van der Waals surface area (Å²) in [7, 11) is 0. The molecular weight excluding hydrogens is 632 g/mol. The lowest BCUT2D eigenvalue weighted by atomic mass is 9.69. The summed E-state index contributed by atoms with van der Waals surface area (Å²) in [4.78, 5) is 59.7. The summed E-state index contributed by atoms with van der Waals surface area (Å²) >= 11 is 0. The number of carbonyl (C=O) groups is 3. The highest BCUT2D eigenvalue weighted by Crippen LogP contribution is 2.41. The zero-order chi connectivity index (χ0) is 36.4. The first-order valence-electron chi connectivity index (χ1n) is 18.6. The average molecular weight is 691 g/mol. The van der Waals surface area contributed by atoms with Crippen molar-refractivity contribution < 1.29 is 24.2 Å². The van der Waals surface area contributed by atoms with Crippen LogP contribution < -0.4 is 5.56 Å². The molecule has 3 fully saturated rings. The van der Waals surface area contributed by atoms with Gasteiger partial charge in [0.05, 0.1) is 17.7 Å². The SMILES string of the molecule is CC(CC1CCCCC1)C(=O)N1CCC(O)(Cn2cc(C(=O)N3CCN(C(=O)OC(C)(C)C)C(C)C3)c(-c3ccccc3)cc2=O)C(C)(C)C1. The molecule has 0 bridgehead atoms. The van der Waals surface area contributed by atoms with Crippen molar-refractivity contribution in [1.29, 1.82) is 0 Å². The normalized spacial score (nSPS) is 23.8. The Balaban J connectivity index is 1.36. The number of likely N-dealkylation sites (tertiary alicyclic amines) is 1. The lowest BCUT2D eigenvalue weighted by Crippen LogP contribution is -2.61. The predicted octanol–water partition coefficient (Wildman–Crippen LogP) is 6.19. The number of amides is 3. The highest BCUT2D eigenvalue weighted by molar-refractivity contribution is 6.00. The Bertz CT molecular complexity index is 1590. The van der Waals surface area contributed by atoms with E-state index in [1.807, 2.05) is 83.7 Å². The maximum absolute atomic E-state index is 14.3. The number of aliphatic hydroxyl groups is 1. The summed E-state index contributed by atoms with van der Waals surface area (Å²) in [6, 6.07) is 10.6. The first kappa shape index (κ1) is 37.6. The van der Waals surface area contributed by atoms with E-state index in [1.54, 1.807) is 16.0 Å². The van der Waals surface area contributed by atoms with Crippen molar-refractivity contribution in [3.8, 4) is 11.1 Å². The first-order valence-corrected chi connectivity index (χ1v) is 18.6. The molecule has 50 heavy (non-hydrogen) atoms. The van der Waals surface area contributed by atoms with Crippen LogP contribution in [0, 0.1) is 17.3 Å². The smallest absolute Gasteiger partial charge is 0.410 e. The minimum atomic E-state index is -1.29. The number of rotatable bonds is 7. The van der Waals surface area contributed by atoms with Gasteiger partial charge in [0.15, 0.2) is 0 Å². The molecule has 1 aliphatic carbocycles. The fraction of sp³-hybridized carbons (Fsp3) is 0.650. The van der Waals surface area contributed by atoms with Gasteiger partial charge in [0.1, 0.15) is 5.60 Å². The maximum Gasteiger partial charge on any atom is 0.410 e. The third-order valence-electron chi connectivity index (χ3n) is 11.2. The summed E-state index contributed by atoms with van der Waals surface area (Å²) in [5, 5.41) is 12.2. The number of pyridine rings is 1. The van der Waals surface area contributed by atoms with Crippen molar-refractivity contribution in [2.24, 2.45) is 17.3 Å². The maximum atomic E-state index is 14.3. The molecule has 3 heterocycles. The van der Waals surface area contributed by atoms with Crippen LogP contribution in [0.3, 0.4) is 0 Å². The summed E-state index contributed by atoms with van der Waals surface area (Å²) < 4.78 is 7.06. The van der Waals surface area contributed by atoms with Crippen molar-refractivity contribution in [3.63, 3.8) is 0 Å². The van der Waals surface area contributed by atoms with Gasteiger partial charge in [-0.1, -0.05) is 83.2 Å². The van der Waals surface area contributed by atoms with Gasteiger partial charge in [0.25, 0.3) is 11.5 Å². The molecule has 3 atom stereocenters. The van der Waals surface area contributed by atoms with Crippen molar-refractivity contribution in [2.45, 2.75) is 117 Å². The van der Waals surface area contributed by atoms with E-state index in [-0.39, 0.29) is 35.9 Å². The van der Waals surface area contributed by atoms with Crippen LogP contribution in [0.4, 0.5) is 4.79 Å². The van der Waals surface area contributed by atoms with Crippen molar-refractivity contribution in [2.75, 3.05) is 32.7 Å². The molecule has 3 aliphatic rings. The zero-order valence-corrected chi connectivity index (χ0v) is 31.2. The minimum absolute atomic E-state index is 0.00331. The number of aromatic nitrogens is 1. The van der Waals surface area contributed by atoms with Crippen LogP contribution in [-0.2, 0) is 16.1 Å². The van der Waals surface area contributed by atoms with E-state index in [0.29, 0.717) is 56.2 Å². The average Bonchev–Trinajstić information content (AvgIpc) is 3.06. The Morgan fingerprint density at radius 3 is 2.30 bits per heavy atom. The van der Waals surface area contributed by atoms with E-state index in [4.69, 9.17) is 4.74 Å². The first-order chi connectivity index (χ1) is 23.5. The van der Waals surface area contributed by atoms with Gasteiger partial charge in [-0.25, -0.2) is 4.79 Å². The number of ether oxygens (including phenoxy) is 1. The molecule has 5 rings (SSSR count). The fourth-order valence-corrected chi connectivity index (χ4v) is 8.09. The summed E-state index contributed by atoms with van der Waals surface area (Å²) in [5.74, 6) is 0.448. The predicted molar refractivity (Wildman–Crippen MR) is 195 cm³/mol. The Morgan fingerprint density at radius 2 is 1.68 bits per heavy atom. The summed E-state index contributed by atoms with van der Waals surface area (Å²) in [5.41, 5.74) is -1.30. The van der Waals surface area contributed by atoms with E-state index in [9.17, 15) is 24.3 Å². The Labute approximate surface area is 297 Å². The second-order valence-electron chi connectivity index (χ2n) is 16.8. The molecule has 10 nitrogen and oxygen atoms in total. The van der Waals surface area contributed by atoms with Gasteiger partial charge < -0.3 is 29.1 Å². The minimum Gasteiger partial charge on any atom is -0.444 e. The van der Waals surface area contributed by atoms with Gasteiger partial charge >= 0.3 is 6.09 Å². The number of hydrogen-bond donors (Lipinski definition) is 1. The molecule has 1 saturated carbocycles. The molecule has 1 aromatic heterocycles. The zero-order valence-electron chi connectivity index (χ0n) is 31.2. The van der Waals surface area contributed by atoms with Crippen LogP contribution in [0.5, 0.6) is 0 Å². The second kappa shape index (κ2) is 14.9. The molecule has 10 heteroatoms. The van der Waals surface area contributed by atoms with Crippen molar-refractivity contribution in [3.05, 3.63) is 58.5 Å². The topological polar surface area (TPSA) is 112 Å². The molecule has 3 amide bonds. The Kier molecular flexibility index (Phi) is 11.2. The van der Waals surface area contributed by atoms with E-state index in [2.05, 4.69) is 0 Å². The van der Waals surface area contributed by atoms with Gasteiger partial charge in [-0.2, -0.15) is 0 Å². The Morgan fingerprint density at radius 1 is 1.00 bits per heavy atom. The van der Waals surface area contributed by atoms with E-state index in [0.717, 1.165) is 12.0 Å². The molecule has 3 unspecified atom stereocenters. The summed E-state index contributed by atoms with van der Waals surface area (Å²) in [6.07, 6.45) is 8.61. The van der Waals surface area contributed by atoms with Crippen LogP contribution in [0.15, 0.2) is 47.4 Å². The molecule has 2 saturated heterocycles. The van der Waals surface area contributed by atoms with Crippen LogP contribution >= 0.6 is 0 Å². The third-order valence-corrected chi connectivity index (χ3v) is 11.2. The van der Waals surface area contributed by atoms with E-state index >= 15 is 0 Å². The number of carbonyl (C=O) groups excluding carboxylic acids is 3. The molecule has 274 valence electrons. The molecule has 2 aliphatic heterocycles. The van der Waals surface area contributed by atoms with Crippen LogP contribution in [-0.4, -0.2) is 92.2 Å². The third kappa shape index (κ3) is 8.44. The number of piperidine rings is 1. The Hall–Kier alpha value is -3.66. The number of nitrogens with zero attached hydrogens (tertiary/aromatic N) is 4. The largest absolute Gasteiger partial charge is 0.444 e. The molecule has 0 radical (unpaired) electrons. The van der Waals surface area contributed by atoms with Gasteiger partial charge in [0, 0.05) is 67.9 Å². The number of benzene rings is 1. The van der Waals surface area contributed by atoms with Gasteiger partial charge in [0.2, 0.25) is 5.91 Å². The molecule has 0 spiro atoms. The highest BCUT2D eigenvalue weighted by Gasteiger charge is 2.49. The standard InChI is InChI=1S/C40H58N4O6/c1-28(22-30-14-10-8-11-15-30)35(46)42-19-18-40(49,39(6,7)26-42)27-43-25-33(32(23-34(43)45)31-16-12-9-13-17-31)36(47)41-20-21-44(29(2)24-41)37(48)50-38(3,4)5/h9,12-13,16-17,23,25,28-30,49H,8,10-11,14-15,18-22,24,26-27H2,1-7H3. The molecule has 1 aromatic carbocycles. The quantitative estimate of drug-likeness (QED) is 0.371. The van der Waals surface area contributed by atoms with Crippen LogP contribution in [0.25, 0.3) is 11.1 Å². The van der Waals surface area contributed by atoms with Crippen molar-refractivity contribution >= 4 is 17.9 Å². The van der Waals surface area contributed by atoms with Crippen LogP contribution in [0.1, 0.15) is 104 Å². The van der Waals surface area contributed by atoms with E-state index in [1.165, 1.54) is 42.7 Å². The molecular formula is C40H58N4O6. The van der Waals surface area contributed by atoms with Gasteiger partial charge in [-0.15, -0.1) is 0 Å². The second-order valence-corrected chi connectivity index (χ2v) is 16.8. The van der Waals surface area contributed by atoms with Crippen molar-refractivity contribution in [1.82, 2.24) is 19.3 Å². The van der Waals surface area contributed by atoms with Crippen LogP contribution in [0.2, 0.25) is 0 Å². The number of hydrogen-bond acceptors (Lipinski definition) is 6. The lowest BCUT2D eigenvalue weighted by Gasteiger charge is -2.51. The highest BCUT2D eigenvalue weighted by atomic mass is 16.6. The van der Waals surface area contributed by atoms with E-state index < -0.39 is 22.7 Å². The van der Waals surface area contributed by atoms with Gasteiger partial charge in [-0.05, 0) is 52.0 Å². The molecule has 1 N–H and O–H groups in total. The monoisotopic (exact) mass is 690 g/mol.